The zero-order valence-corrected chi connectivity index (χ0v) is 25.5. The summed E-state index contributed by atoms with van der Waals surface area (Å²) in [6.07, 6.45) is 14.5. The van der Waals surface area contributed by atoms with Crippen molar-refractivity contribution in [2.45, 2.75) is 71.9 Å². The van der Waals surface area contributed by atoms with Gasteiger partial charge in [-0.2, -0.15) is 5.10 Å². The predicted octanol–water partition coefficient (Wildman–Crippen LogP) is 4.63. The molecule has 0 radical (unpaired) electrons. The monoisotopic (exact) mass is 572 g/mol. The first-order chi connectivity index (χ1) is 20.0. The van der Waals surface area contributed by atoms with E-state index < -0.39 is 5.91 Å². The Morgan fingerprint density at radius 3 is 2.64 bits per heavy atom. The number of anilines is 1. The molecule has 1 aliphatic carbocycles. The third-order valence-electron chi connectivity index (χ3n) is 8.04. The molecule has 2 aromatic heterocycles. The van der Waals surface area contributed by atoms with Crippen molar-refractivity contribution in [1.29, 1.82) is 0 Å². The number of likely N-dealkylation sites (tertiary alicyclic amines) is 1. The van der Waals surface area contributed by atoms with Gasteiger partial charge >= 0.3 is 0 Å². The summed E-state index contributed by atoms with van der Waals surface area (Å²) in [5, 5.41) is 10.3. The molecule has 2 aliphatic rings. The number of aliphatic imine (C=N–C) groups is 1. The number of hydrogen-bond donors (Lipinski definition) is 3. The number of nitrogens with two attached hydrogens (primary N) is 1. The number of nitrogens with zero attached hydrogens (tertiary/aromatic N) is 5. The van der Waals surface area contributed by atoms with Gasteiger partial charge in [-0.15, -0.1) is 0 Å². The van der Waals surface area contributed by atoms with Crippen molar-refractivity contribution in [1.82, 2.24) is 25.0 Å². The molecule has 10 nitrogen and oxygen atoms in total. The molecule has 0 atom stereocenters. The van der Waals surface area contributed by atoms with Crippen molar-refractivity contribution in [2.24, 2.45) is 16.6 Å². The fourth-order valence-electron chi connectivity index (χ4n) is 5.19. The standard InChI is InChI=1S/C32H44N8O2/c1-7-28(36-19-27(21(2)3)24-18-37-40(20-24)25-9-10-25)26(16-33)31(42)38-29-15-23(17-35-22(29)4)30(41)34-12-14-39-13-8-11-32(39,5)6/h7,15-21,25H,1,8-14,33H2,2-6H3,(H,34,41)(H,38,42)/b26-16+,27-19+,36-28+. The van der Waals surface area contributed by atoms with Gasteiger partial charge in [0, 0.05) is 49.0 Å². The highest BCUT2D eigenvalue weighted by molar-refractivity contribution is 6.29. The van der Waals surface area contributed by atoms with E-state index in [1.165, 1.54) is 24.9 Å². The normalized spacial score (nSPS) is 17.9. The van der Waals surface area contributed by atoms with E-state index in [0.29, 0.717) is 35.2 Å². The maximum atomic E-state index is 13.3. The van der Waals surface area contributed by atoms with Crippen LogP contribution in [0.15, 0.2) is 60.3 Å². The predicted molar refractivity (Wildman–Crippen MR) is 168 cm³/mol. The number of aryl methyl sites for hydroxylation is 1. The molecule has 2 fully saturated rings. The average molecular weight is 573 g/mol. The van der Waals surface area contributed by atoms with Gasteiger partial charge in [-0.3, -0.25) is 29.1 Å². The number of carbonyl (C=O) groups is 2. The lowest BCUT2D eigenvalue weighted by molar-refractivity contribution is -0.112. The topological polar surface area (TPSA) is 131 Å². The SMILES string of the molecule is C=CC(=N\C=C(\c1cnn(C2CC2)c1)C(C)C)/C(=C\N)C(=O)Nc1cc(C(=O)NCCN2CCCC2(C)C)cnc1C. The van der Waals surface area contributed by atoms with Crippen LogP contribution >= 0.6 is 0 Å². The summed E-state index contributed by atoms with van der Waals surface area (Å²) in [7, 11) is 0. The first kappa shape index (κ1) is 30.9. The summed E-state index contributed by atoms with van der Waals surface area (Å²) >= 11 is 0. The summed E-state index contributed by atoms with van der Waals surface area (Å²) in [6, 6.07) is 2.11. The van der Waals surface area contributed by atoms with Gasteiger partial charge in [0.25, 0.3) is 11.8 Å². The Morgan fingerprint density at radius 1 is 1.26 bits per heavy atom. The smallest absolute Gasteiger partial charge is 0.259 e. The van der Waals surface area contributed by atoms with Crippen LogP contribution in [-0.4, -0.2) is 62.4 Å². The van der Waals surface area contributed by atoms with Gasteiger partial charge in [-0.05, 0) is 76.6 Å². The average Bonchev–Trinajstić information content (AvgIpc) is 3.59. The number of pyridine rings is 1. The molecule has 10 heteroatoms. The van der Waals surface area contributed by atoms with Crippen LogP contribution in [0, 0.1) is 12.8 Å². The molecule has 0 bridgehead atoms. The van der Waals surface area contributed by atoms with Gasteiger partial charge in [0.1, 0.15) is 0 Å². The molecule has 224 valence electrons. The van der Waals surface area contributed by atoms with E-state index in [4.69, 9.17) is 5.73 Å². The Labute approximate surface area is 248 Å². The van der Waals surface area contributed by atoms with E-state index in [1.807, 2.05) is 17.1 Å². The Hall–Kier alpha value is -4.05. The Morgan fingerprint density at radius 2 is 2.02 bits per heavy atom. The summed E-state index contributed by atoms with van der Waals surface area (Å²) in [4.78, 5) is 37.5. The molecule has 2 amide bonds. The summed E-state index contributed by atoms with van der Waals surface area (Å²) < 4.78 is 2.00. The lowest BCUT2D eigenvalue weighted by Crippen LogP contribution is -2.43. The second-order valence-corrected chi connectivity index (χ2v) is 11.9. The quantitative estimate of drug-likeness (QED) is 0.251. The minimum Gasteiger partial charge on any atom is -0.404 e. The van der Waals surface area contributed by atoms with Crippen molar-refractivity contribution in [3.63, 3.8) is 0 Å². The van der Waals surface area contributed by atoms with E-state index in [2.05, 4.69) is 64.9 Å². The van der Waals surface area contributed by atoms with Gasteiger partial charge in [0.05, 0.1) is 40.5 Å². The van der Waals surface area contributed by atoms with Crippen molar-refractivity contribution in [2.75, 3.05) is 25.0 Å². The Balaban J connectivity index is 1.45. The molecular weight excluding hydrogens is 528 g/mol. The van der Waals surface area contributed by atoms with Crippen molar-refractivity contribution >= 4 is 28.8 Å². The van der Waals surface area contributed by atoms with Gasteiger partial charge in [-0.1, -0.05) is 20.4 Å². The molecule has 2 aromatic rings. The van der Waals surface area contributed by atoms with Crippen LogP contribution < -0.4 is 16.4 Å². The van der Waals surface area contributed by atoms with Crippen LogP contribution in [0.4, 0.5) is 5.69 Å². The molecule has 1 aliphatic heterocycles. The molecule has 42 heavy (non-hydrogen) atoms. The second kappa shape index (κ2) is 13.3. The number of aromatic nitrogens is 3. The minimum atomic E-state index is -0.476. The zero-order chi connectivity index (χ0) is 30.4. The highest BCUT2D eigenvalue weighted by atomic mass is 16.2. The van der Waals surface area contributed by atoms with Crippen molar-refractivity contribution in [3.8, 4) is 0 Å². The Kier molecular flexibility index (Phi) is 9.78. The maximum Gasteiger partial charge on any atom is 0.259 e. The van der Waals surface area contributed by atoms with Gasteiger partial charge in [-0.25, -0.2) is 0 Å². The van der Waals surface area contributed by atoms with Crippen molar-refractivity contribution in [3.05, 3.63) is 72.1 Å². The molecule has 4 rings (SSSR count). The van der Waals surface area contributed by atoms with Crippen LogP contribution in [0.1, 0.15) is 81.0 Å². The minimum absolute atomic E-state index is 0.153. The zero-order valence-electron chi connectivity index (χ0n) is 25.5. The molecular formula is C32H44N8O2. The summed E-state index contributed by atoms with van der Waals surface area (Å²) in [6.45, 7) is 16.6. The van der Waals surface area contributed by atoms with Crippen LogP contribution in [0.3, 0.4) is 0 Å². The first-order valence-electron chi connectivity index (χ1n) is 14.7. The lowest BCUT2D eigenvalue weighted by atomic mass is 9.99. The molecule has 3 heterocycles. The molecule has 4 N–H and O–H groups in total. The lowest BCUT2D eigenvalue weighted by Gasteiger charge is -2.31. The fraction of sp³-hybridized carbons (Fsp3) is 0.469. The third kappa shape index (κ3) is 7.42. The highest BCUT2D eigenvalue weighted by Gasteiger charge is 2.31. The number of amides is 2. The second-order valence-electron chi connectivity index (χ2n) is 11.9. The van der Waals surface area contributed by atoms with E-state index in [-0.39, 0.29) is 22.9 Å². The fourth-order valence-corrected chi connectivity index (χ4v) is 5.19. The van der Waals surface area contributed by atoms with Gasteiger partial charge in [0.15, 0.2) is 0 Å². The largest absolute Gasteiger partial charge is 0.404 e. The molecule has 0 spiro atoms. The number of allylic oxidation sites excluding steroid dienone is 2. The molecule has 1 saturated heterocycles. The molecule has 0 unspecified atom stereocenters. The highest BCUT2D eigenvalue weighted by Crippen LogP contribution is 2.35. The number of rotatable bonds is 12. The van der Waals surface area contributed by atoms with Crippen LogP contribution in [0.2, 0.25) is 0 Å². The van der Waals surface area contributed by atoms with E-state index in [0.717, 1.165) is 43.5 Å². The number of carbonyl (C=O) groups excluding carboxylic acids is 2. The summed E-state index contributed by atoms with van der Waals surface area (Å²) in [5.41, 5.74) is 9.87. The molecule has 0 aromatic carbocycles. The van der Waals surface area contributed by atoms with E-state index >= 15 is 0 Å². The molecule has 1 saturated carbocycles. The number of hydrogen-bond acceptors (Lipinski definition) is 7. The van der Waals surface area contributed by atoms with Crippen LogP contribution in [0.25, 0.3) is 5.57 Å². The van der Waals surface area contributed by atoms with Crippen LogP contribution in [0.5, 0.6) is 0 Å². The summed E-state index contributed by atoms with van der Waals surface area (Å²) in [5.74, 6) is -0.537. The van der Waals surface area contributed by atoms with E-state index in [9.17, 15) is 9.59 Å². The Bertz CT molecular complexity index is 1410. The van der Waals surface area contributed by atoms with Crippen LogP contribution in [-0.2, 0) is 4.79 Å². The maximum absolute atomic E-state index is 13.3. The first-order valence-corrected chi connectivity index (χ1v) is 14.7. The van der Waals surface area contributed by atoms with Gasteiger partial charge in [0.2, 0.25) is 0 Å². The van der Waals surface area contributed by atoms with E-state index in [1.54, 1.807) is 19.2 Å². The number of nitrogens with one attached hydrogen (secondary N) is 2. The third-order valence-corrected chi connectivity index (χ3v) is 8.04. The van der Waals surface area contributed by atoms with Gasteiger partial charge < -0.3 is 16.4 Å². The van der Waals surface area contributed by atoms with Crippen molar-refractivity contribution < 1.29 is 9.59 Å².